The van der Waals surface area contributed by atoms with Gasteiger partial charge in [-0.1, -0.05) is 11.6 Å². The zero-order valence-electron chi connectivity index (χ0n) is 18.1. The first-order valence-corrected chi connectivity index (χ1v) is 11.0. The maximum absolute atomic E-state index is 12.4. The molecule has 0 aromatic heterocycles. The van der Waals surface area contributed by atoms with Gasteiger partial charge in [0.2, 0.25) is 5.91 Å². The van der Waals surface area contributed by atoms with E-state index < -0.39 is 0 Å². The van der Waals surface area contributed by atoms with E-state index in [1.807, 2.05) is 29.2 Å². The van der Waals surface area contributed by atoms with Crippen molar-refractivity contribution < 1.29 is 9.53 Å². The van der Waals surface area contributed by atoms with Crippen LogP contribution in [0.1, 0.15) is 45.7 Å². The van der Waals surface area contributed by atoms with Gasteiger partial charge in [-0.05, 0) is 69.7 Å². The minimum atomic E-state index is 0.0783. The summed E-state index contributed by atoms with van der Waals surface area (Å²) in [5, 5.41) is 4.39. The number of halogens is 1. The zero-order chi connectivity index (χ0) is 21.4. The summed E-state index contributed by atoms with van der Waals surface area (Å²) in [5.74, 6) is 0.0783. The highest BCUT2D eigenvalue weighted by Gasteiger charge is 2.34. The van der Waals surface area contributed by atoms with E-state index in [9.17, 15) is 4.79 Å². The van der Waals surface area contributed by atoms with Crippen LogP contribution in [-0.2, 0) is 9.53 Å². The highest BCUT2D eigenvalue weighted by atomic mass is 35.5. The van der Waals surface area contributed by atoms with E-state index in [0.29, 0.717) is 12.1 Å². The van der Waals surface area contributed by atoms with Crippen LogP contribution in [0.25, 0.3) is 0 Å². The monoisotopic (exact) mass is 427 g/mol. The second-order valence-corrected chi connectivity index (χ2v) is 9.00. The van der Waals surface area contributed by atoms with Crippen LogP contribution in [0.4, 0.5) is 17.1 Å². The summed E-state index contributed by atoms with van der Waals surface area (Å²) in [6, 6.07) is 15.1. The summed E-state index contributed by atoms with van der Waals surface area (Å²) in [5.41, 5.74) is 4.35. The second kappa shape index (κ2) is 8.48. The molecule has 0 aliphatic carbocycles. The van der Waals surface area contributed by atoms with Gasteiger partial charge < -0.3 is 19.9 Å². The third-order valence-corrected chi connectivity index (χ3v) is 6.41. The predicted molar refractivity (Wildman–Crippen MR) is 124 cm³/mol. The largest absolute Gasteiger partial charge is 0.378 e. The van der Waals surface area contributed by atoms with Crippen molar-refractivity contribution in [2.75, 3.05) is 28.3 Å². The Bertz CT molecular complexity index is 907. The number of carbonyl (C=O) groups excluding carboxylic acids is 1. The molecule has 1 saturated heterocycles. The maximum atomic E-state index is 12.4. The summed E-state index contributed by atoms with van der Waals surface area (Å²) < 4.78 is 5.71. The molecule has 0 spiro atoms. The fourth-order valence-corrected chi connectivity index (χ4v) is 5.02. The molecule has 160 valence electrons. The van der Waals surface area contributed by atoms with Crippen LogP contribution in [0.15, 0.2) is 42.5 Å². The minimum absolute atomic E-state index is 0.0783. The lowest BCUT2D eigenvalue weighted by Gasteiger charge is -2.43. The Labute approximate surface area is 184 Å². The number of morpholine rings is 1. The van der Waals surface area contributed by atoms with Crippen molar-refractivity contribution in [2.45, 2.75) is 58.3 Å². The second-order valence-electron chi connectivity index (χ2n) is 8.56. The van der Waals surface area contributed by atoms with Crippen molar-refractivity contribution >= 4 is 34.6 Å². The first-order chi connectivity index (χ1) is 14.3. The SMILES string of the molecule is CC(=O)N1c2ccc(N3C(C)COCC3C)cc2C(Nc2ccc(Cl)cc2)CC1C. The molecule has 4 atom stereocenters. The number of hydrogen-bond acceptors (Lipinski definition) is 4. The summed E-state index contributed by atoms with van der Waals surface area (Å²) in [4.78, 5) is 16.8. The van der Waals surface area contributed by atoms with E-state index in [2.05, 4.69) is 49.2 Å². The van der Waals surface area contributed by atoms with Gasteiger partial charge in [-0.3, -0.25) is 4.79 Å². The molecule has 30 heavy (non-hydrogen) atoms. The third kappa shape index (κ3) is 4.01. The smallest absolute Gasteiger partial charge is 0.224 e. The van der Waals surface area contributed by atoms with Crippen molar-refractivity contribution in [3.05, 3.63) is 53.1 Å². The first-order valence-electron chi connectivity index (χ1n) is 10.7. The Balaban J connectivity index is 1.74. The lowest BCUT2D eigenvalue weighted by atomic mass is 9.90. The Morgan fingerprint density at radius 1 is 1.03 bits per heavy atom. The molecular weight excluding hydrogens is 398 g/mol. The van der Waals surface area contributed by atoms with Gasteiger partial charge in [0.1, 0.15) is 0 Å². The van der Waals surface area contributed by atoms with E-state index in [4.69, 9.17) is 16.3 Å². The van der Waals surface area contributed by atoms with E-state index in [1.165, 1.54) is 5.69 Å². The zero-order valence-corrected chi connectivity index (χ0v) is 18.8. The van der Waals surface area contributed by atoms with Crippen LogP contribution >= 0.6 is 11.6 Å². The summed E-state index contributed by atoms with van der Waals surface area (Å²) in [6.07, 6.45) is 0.840. The normalized spacial score (nSPS) is 26.3. The van der Waals surface area contributed by atoms with Gasteiger partial charge in [0, 0.05) is 52.7 Å². The third-order valence-electron chi connectivity index (χ3n) is 6.15. The quantitative estimate of drug-likeness (QED) is 0.726. The van der Waals surface area contributed by atoms with Crippen LogP contribution in [-0.4, -0.2) is 37.2 Å². The Hall–Kier alpha value is -2.24. The van der Waals surface area contributed by atoms with Crippen LogP contribution in [0, 0.1) is 0 Å². The molecule has 1 fully saturated rings. The lowest BCUT2D eigenvalue weighted by Crippen LogP contribution is -2.50. The molecule has 2 heterocycles. The summed E-state index contributed by atoms with van der Waals surface area (Å²) in [7, 11) is 0. The van der Waals surface area contributed by atoms with E-state index >= 15 is 0 Å². The molecular formula is C24H30ClN3O2. The molecule has 4 rings (SSSR count). The van der Waals surface area contributed by atoms with Gasteiger partial charge in [0.05, 0.1) is 19.3 Å². The summed E-state index contributed by atoms with van der Waals surface area (Å²) >= 11 is 6.06. The number of anilines is 3. The molecule has 0 radical (unpaired) electrons. The van der Waals surface area contributed by atoms with Crippen molar-refractivity contribution in [1.82, 2.24) is 0 Å². The average molecular weight is 428 g/mol. The van der Waals surface area contributed by atoms with Crippen molar-refractivity contribution in [1.29, 1.82) is 0 Å². The van der Waals surface area contributed by atoms with Gasteiger partial charge >= 0.3 is 0 Å². The van der Waals surface area contributed by atoms with Gasteiger partial charge in [-0.25, -0.2) is 0 Å². The molecule has 0 bridgehead atoms. The standard InChI is InChI=1S/C24H30ClN3O2/c1-15-11-23(26-20-7-5-19(25)6-8-20)22-12-21(9-10-24(22)28(15)18(4)29)27-16(2)13-30-14-17(27)3/h5-10,12,15-17,23,26H,11,13-14H2,1-4H3. The molecule has 2 aromatic rings. The molecule has 4 unspecified atom stereocenters. The van der Waals surface area contributed by atoms with Crippen molar-refractivity contribution in [3.8, 4) is 0 Å². The number of nitrogens with one attached hydrogen (secondary N) is 1. The minimum Gasteiger partial charge on any atom is -0.378 e. The van der Waals surface area contributed by atoms with Gasteiger partial charge in [0.25, 0.3) is 0 Å². The highest BCUT2D eigenvalue weighted by Crippen LogP contribution is 2.41. The Kier molecular flexibility index (Phi) is 5.94. The average Bonchev–Trinajstić information content (AvgIpc) is 2.69. The number of amides is 1. The van der Waals surface area contributed by atoms with Crippen LogP contribution in [0.2, 0.25) is 5.02 Å². The molecule has 2 aliphatic heterocycles. The van der Waals surface area contributed by atoms with E-state index in [0.717, 1.165) is 41.6 Å². The van der Waals surface area contributed by atoms with Gasteiger partial charge in [0.15, 0.2) is 0 Å². The first kappa shape index (κ1) is 21.0. The number of fused-ring (bicyclic) bond motifs is 1. The maximum Gasteiger partial charge on any atom is 0.224 e. The van der Waals surface area contributed by atoms with Gasteiger partial charge in [-0.2, -0.15) is 0 Å². The fraction of sp³-hybridized carbons (Fsp3) is 0.458. The van der Waals surface area contributed by atoms with Crippen molar-refractivity contribution in [3.63, 3.8) is 0 Å². The van der Waals surface area contributed by atoms with E-state index in [-0.39, 0.29) is 18.0 Å². The summed E-state index contributed by atoms with van der Waals surface area (Å²) in [6.45, 7) is 9.61. The lowest BCUT2D eigenvalue weighted by molar-refractivity contribution is -0.117. The fourth-order valence-electron chi connectivity index (χ4n) is 4.89. The number of hydrogen-bond donors (Lipinski definition) is 1. The molecule has 2 aliphatic rings. The Morgan fingerprint density at radius 2 is 1.70 bits per heavy atom. The molecule has 1 N–H and O–H groups in total. The number of benzene rings is 2. The molecule has 2 aromatic carbocycles. The number of ether oxygens (including phenoxy) is 1. The molecule has 0 saturated carbocycles. The Morgan fingerprint density at radius 3 is 2.33 bits per heavy atom. The van der Waals surface area contributed by atoms with Crippen LogP contribution in [0.5, 0.6) is 0 Å². The van der Waals surface area contributed by atoms with E-state index in [1.54, 1.807) is 6.92 Å². The molecule has 5 nitrogen and oxygen atoms in total. The topological polar surface area (TPSA) is 44.8 Å². The number of rotatable bonds is 3. The molecule has 1 amide bonds. The molecule has 6 heteroatoms. The highest BCUT2D eigenvalue weighted by molar-refractivity contribution is 6.30. The van der Waals surface area contributed by atoms with Crippen LogP contribution < -0.4 is 15.1 Å². The van der Waals surface area contributed by atoms with Crippen LogP contribution in [0.3, 0.4) is 0 Å². The predicted octanol–water partition coefficient (Wildman–Crippen LogP) is 5.25. The number of nitrogens with zero attached hydrogens (tertiary/aromatic N) is 2. The van der Waals surface area contributed by atoms with Crippen molar-refractivity contribution in [2.24, 2.45) is 0 Å². The van der Waals surface area contributed by atoms with Gasteiger partial charge in [-0.15, -0.1) is 0 Å². The number of carbonyl (C=O) groups is 1.